The van der Waals surface area contributed by atoms with E-state index in [9.17, 15) is 28.7 Å². The van der Waals surface area contributed by atoms with E-state index in [2.05, 4.69) is 4.31 Å². The van der Waals surface area contributed by atoms with Crippen LogP contribution in [0, 0.1) is 0 Å². The van der Waals surface area contributed by atoms with E-state index in [-0.39, 0.29) is 21.1 Å². The van der Waals surface area contributed by atoms with Gasteiger partial charge in [0.25, 0.3) is 0 Å². The molecule has 10 heteroatoms. The van der Waals surface area contributed by atoms with Crippen LogP contribution < -0.4 is 19.6 Å². The molecule has 0 bridgehead atoms. The summed E-state index contributed by atoms with van der Waals surface area (Å²) in [7, 11) is -11.4. The third kappa shape index (κ3) is 11.7. The Labute approximate surface area is 70.2 Å². The Morgan fingerprint density at radius 3 is 1.10 bits per heavy atom. The second-order valence-corrected chi connectivity index (χ2v) is 3.42. The minimum Gasteiger partial charge on any atom is -0.790 e. The molecule has 0 fully saturated rings. The molecule has 0 amide bonds. The van der Waals surface area contributed by atoms with Gasteiger partial charge in [-0.25, -0.2) is 0 Å². The van der Waals surface area contributed by atoms with Crippen molar-refractivity contribution >= 4 is 15.6 Å². The van der Waals surface area contributed by atoms with Gasteiger partial charge in [0.1, 0.15) is 0 Å². The summed E-state index contributed by atoms with van der Waals surface area (Å²) in [5.41, 5.74) is 0. The van der Waals surface area contributed by atoms with Gasteiger partial charge in [0.05, 0.1) is 15.6 Å². The van der Waals surface area contributed by atoms with Crippen molar-refractivity contribution in [1.29, 1.82) is 0 Å². The van der Waals surface area contributed by atoms with Crippen molar-refractivity contribution in [3.05, 3.63) is 0 Å². The fourth-order valence-electron chi connectivity index (χ4n) is 0.122. The first-order valence-electron chi connectivity index (χ1n) is 1.46. The minimum atomic E-state index is -5.68. The molecule has 0 radical (unpaired) electrons. The van der Waals surface area contributed by atoms with Gasteiger partial charge < -0.3 is 33.0 Å². The number of phosphoric acid groups is 2. The van der Waals surface area contributed by atoms with Gasteiger partial charge in [-0.2, -0.15) is 0 Å². The summed E-state index contributed by atoms with van der Waals surface area (Å²) < 4.78 is 21.2. The molecule has 0 saturated carbocycles. The molecule has 0 aromatic rings. The largest absolute Gasteiger partial charge is 4.00 e. The molecule has 10 heavy (non-hydrogen) atoms. The smallest absolute Gasteiger partial charge is 0.790 e. The van der Waals surface area contributed by atoms with Crippen LogP contribution in [0.2, 0.25) is 0 Å². The Hall–Kier alpha value is 0.948. The maximum absolute atomic E-state index is 9.32. The second kappa shape index (κ2) is 4.09. The predicted molar refractivity (Wildman–Crippen MR) is 16.3 cm³/mol. The SMILES string of the molecule is O=P([O-])([O-])OP(=O)([O-])[O-].[W+4]. The topological polar surface area (TPSA) is 136 Å². The first kappa shape index (κ1) is 13.5. The average molecular weight is 358 g/mol. The van der Waals surface area contributed by atoms with Crippen molar-refractivity contribution in [3.8, 4) is 0 Å². The summed E-state index contributed by atoms with van der Waals surface area (Å²) in [4.78, 5) is 37.3. The first-order valence-corrected chi connectivity index (χ1v) is 4.38. The van der Waals surface area contributed by atoms with E-state index in [0.717, 1.165) is 0 Å². The van der Waals surface area contributed by atoms with Gasteiger partial charge in [-0.3, -0.25) is 0 Å². The molecule has 0 unspecified atom stereocenters. The Morgan fingerprint density at radius 2 is 1.10 bits per heavy atom. The van der Waals surface area contributed by atoms with Crippen LogP contribution in [-0.2, 0) is 34.5 Å². The van der Waals surface area contributed by atoms with Crippen LogP contribution in [0.1, 0.15) is 0 Å². The van der Waals surface area contributed by atoms with Crippen LogP contribution in [0.25, 0.3) is 0 Å². The maximum atomic E-state index is 9.32. The molecule has 0 aliphatic heterocycles. The molecule has 0 aromatic carbocycles. The zero-order valence-electron chi connectivity index (χ0n) is 4.16. The summed E-state index contributed by atoms with van der Waals surface area (Å²) in [6.07, 6.45) is 0. The maximum Gasteiger partial charge on any atom is 4.00 e. The molecule has 0 rings (SSSR count). The molecule has 0 saturated heterocycles. The van der Waals surface area contributed by atoms with Gasteiger partial charge in [-0.15, -0.1) is 0 Å². The normalized spacial score (nSPS) is 12.4. The molecule has 0 atom stereocenters. The van der Waals surface area contributed by atoms with E-state index >= 15 is 0 Å². The zero-order chi connectivity index (χ0) is 7.71. The fourth-order valence-corrected chi connectivity index (χ4v) is 1.10. The summed E-state index contributed by atoms with van der Waals surface area (Å²) in [6, 6.07) is 0. The Balaban J connectivity index is 0. The van der Waals surface area contributed by atoms with E-state index in [1.165, 1.54) is 0 Å². The van der Waals surface area contributed by atoms with Crippen LogP contribution in [0.15, 0.2) is 0 Å². The van der Waals surface area contributed by atoms with E-state index in [0.29, 0.717) is 0 Å². The van der Waals surface area contributed by atoms with Gasteiger partial charge >= 0.3 is 21.1 Å². The molecule has 0 spiro atoms. The van der Waals surface area contributed by atoms with E-state index < -0.39 is 15.6 Å². The number of hydrogen-bond acceptors (Lipinski definition) is 7. The van der Waals surface area contributed by atoms with Crippen molar-refractivity contribution in [2.45, 2.75) is 0 Å². The molecular formula is O7P2W. The molecule has 0 aliphatic rings. The van der Waals surface area contributed by atoms with E-state index in [4.69, 9.17) is 0 Å². The standard InChI is InChI=1S/H4O7P2.W/c1-8(2,3)7-9(4,5)6;/h(H2,1,2,3)(H2,4,5,6);/q;+4/p-4. The quantitative estimate of drug-likeness (QED) is 0.471. The van der Waals surface area contributed by atoms with E-state index in [1.54, 1.807) is 0 Å². The number of rotatable bonds is 2. The molecule has 7 nitrogen and oxygen atoms in total. The monoisotopic (exact) mass is 358 g/mol. The summed E-state index contributed by atoms with van der Waals surface area (Å²) in [5.74, 6) is 0. The second-order valence-electron chi connectivity index (χ2n) is 0.976. The molecule has 0 aliphatic carbocycles. The molecule has 0 aromatic heterocycles. The Kier molecular flexibility index (Phi) is 5.54. The Bertz CT molecular complexity index is 152. The third-order valence-corrected chi connectivity index (χ3v) is 1.80. The summed E-state index contributed by atoms with van der Waals surface area (Å²) >= 11 is 0. The van der Waals surface area contributed by atoms with Gasteiger partial charge in [0.15, 0.2) is 0 Å². The third-order valence-electron chi connectivity index (χ3n) is 0.200. The molecule has 0 heterocycles. The van der Waals surface area contributed by atoms with Crippen LogP contribution in [-0.4, -0.2) is 0 Å². The molecular weight excluding hydrogens is 358 g/mol. The van der Waals surface area contributed by atoms with E-state index in [1.807, 2.05) is 0 Å². The zero-order valence-corrected chi connectivity index (χ0v) is 8.88. The minimum absolute atomic E-state index is 0. The molecule has 58 valence electrons. The Morgan fingerprint density at radius 1 is 0.900 bits per heavy atom. The van der Waals surface area contributed by atoms with Crippen LogP contribution in [0.4, 0.5) is 0 Å². The number of hydrogen-bond donors (Lipinski definition) is 0. The van der Waals surface area contributed by atoms with Crippen molar-refractivity contribution in [3.63, 3.8) is 0 Å². The van der Waals surface area contributed by atoms with Crippen LogP contribution >= 0.6 is 15.6 Å². The van der Waals surface area contributed by atoms with Gasteiger partial charge in [0, 0.05) is 0 Å². The van der Waals surface area contributed by atoms with Crippen molar-refractivity contribution in [2.24, 2.45) is 0 Å². The van der Waals surface area contributed by atoms with Crippen molar-refractivity contribution < 1.29 is 54.1 Å². The fraction of sp³-hybridized carbons (Fsp3) is 0. The average Bonchev–Trinajstić information content (AvgIpc) is 1.14. The van der Waals surface area contributed by atoms with Crippen molar-refractivity contribution in [1.82, 2.24) is 0 Å². The van der Waals surface area contributed by atoms with Crippen LogP contribution in [0.5, 0.6) is 0 Å². The predicted octanol–water partition coefficient (Wildman–Crippen LogP) is -3.34. The van der Waals surface area contributed by atoms with Gasteiger partial charge in [-0.1, -0.05) is 0 Å². The summed E-state index contributed by atoms with van der Waals surface area (Å²) in [5, 5.41) is 0. The van der Waals surface area contributed by atoms with Gasteiger partial charge in [0.2, 0.25) is 0 Å². The van der Waals surface area contributed by atoms with Gasteiger partial charge in [-0.05, 0) is 0 Å². The first-order chi connectivity index (χ1) is 3.71. The van der Waals surface area contributed by atoms with Crippen molar-refractivity contribution in [2.75, 3.05) is 0 Å². The molecule has 0 N–H and O–H groups in total. The van der Waals surface area contributed by atoms with Crippen LogP contribution in [0.3, 0.4) is 0 Å². The summed E-state index contributed by atoms with van der Waals surface area (Å²) in [6.45, 7) is 0.